The molecule has 1 saturated heterocycles. The van der Waals surface area contributed by atoms with Gasteiger partial charge in [-0.1, -0.05) is 0 Å². The van der Waals surface area contributed by atoms with Crippen molar-refractivity contribution >= 4 is 31.4 Å². The lowest BCUT2D eigenvalue weighted by Crippen LogP contribution is -2.51. The summed E-state index contributed by atoms with van der Waals surface area (Å²) in [5.74, 6) is 1.07. The number of carbonyl (C=O) groups is 1. The van der Waals surface area contributed by atoms with Crippen LogP contribution in [0.1, 0.15) is 30.6 Å². The molecule has 1 fully saturated rings. The molecule has 5 atom stereocenters. The normalized spacial score (nSPS) is 28.6. The summed E-state index contributed by atoms with van der Waals surface area (Å²) in [5.41, 5.74) is 4.48. The molecule has 7 heteroatoms. The molecule has 4 heterocycles. The van der Waals surface area contributed by atoms with Crippen molar-refractivity contribution in [1.29, 1.82) is 0 Å². The van der Waals surface area contributed by atoms with Gasteiger partial charge in [0.15, 0.2) is 0 Å². The van der Waals surface area contributed by atoms with E-state index >= 15 is 0 Å². The van der Waals surface area contributed by atoms with Crippen molar-refractivity contribution in [1.82, 2.24) is 9.88 Å². The molecular weight excluding hydrogens is 387 g/mol. The van der Waals surface area contributed by atoms with E-state index in [1.807, 2.05) is 0 Å². The number of rotatable bonds is 2. The van der Waals surface area contributed by atoms with Crippen molar-refractivity contribution < 1.29 is 19.0 Å². The summed E-state index contributed by atoms with van der Waals surface area (Å²) >= 11 is 0. The maximum Gasteiger partial charge on any atom is 0.337 e. The number of benzene rings is 1. The zero-order chi connectivity index (χ0) is 20.3. The minimum Gasteiger partial charge on any atom is -0.497 e. The second kappa shape index (κ2) is 7.03. The van der Waals surface area contributed by atoms with Crippen molar-refractivity contribution in [2.45, 2.75) is 31.9 Å². The zero-order valence-corrected chi connectivity index (χ0v) is 18.2. The van der Waals surface area contributed by atoms with Gasteiger partial charge in [0, 0.05) is 46.8 Å². The number of nitrogens with one attached hydrogen (secondary N) is 1. The first kappa shape index (κ1) is 19.0. The molecule has 5 unspecified atom stereocenters. The topological polar surface area (TPSA) is 63.8 Å². The molecule has 0 spiro atoms. The number of methoxy groups -OCH3 is 2. The number of aromatic amines is 1. The third kappa shape index (κ3) is 2.88. The molecule has 3 aliphatic rings. The Labute approximate surface area is 172 Å². The van der Waals surface area contributed by atoms with Gasteiger partial charge >= 0.3 is 5.97 Å². The summed E-state index contributed by atoms with van der Waals surface area (Å²) in [6, 6.07) is 4.55. The minimum atomic E-state index is -0.273. The quantitative estimate of drug-likeness (QED) is 0.605. The number of aromatic nitrogens is 1. The molecule has 0 amide bonds. The largest absolute Gasteiger partial charge is 0.497 e. The number of hydrogen-bond acceptors (Lipinski definition) is 5. The van der Waals surface area contributed by atoms with Crippen molar-refractivity contribution in [3.05, 3.63) is 35.2 Å². The summed E-state index contributed by atoms with van der Waals surface area (Å²) in [6.07, 6.45) is 3.64. The predicted molar refractivity (Wildman–Crippen MR) is 114 cm³/mol. The fourth-order valence-electron chi connectivity index (χ4n) is 5.46. The summed E-state index contributed by atoms with van der Waals surface area (Å²) in [7, 11) is 5.90. The molecule has 5 rings (SSSR count). The van der Waals surface area contributed by atoms with E-state index in [1.165, 1.54) is 23.8 Å². The van der Waals surface area contributed by atoms with Crippen LogP contribution in [-0.2, 0) is 20.7 Å². The van der Waals surface area contributed by atoms with Gasteiger partial charge < -0.3 is 19.2 Å². The highest BCUT2D eigenvalue weighted by Gasteiger charge is 2.46. The third-order valence-electron chi connectivity index (χ3n) is 6.98. The zero-order valence-electron chi connectivity index (χ0n) is 17.0. The lowest BCUT2D eigenvalue weighted by molar-refractivity contribution is -0.139. The molecule has 1 N–H and O–H groups in total. The lowest BCUT2D eigenvalue weighted by Gasteiger charge is -2.49. The van der Waals surface area contributed by atoms with Gasteiger partial charge in [0.2, 0.25) is 0 Å². The van der Waals surface area contributed by atoms with E-state index in [-0.39, 0.29) is 24.0 Å². The smallest absolute Gasteiger partial charge is 0.337 e. The second-order valence-electron chi connectivity index (χ2n) is 8.33. The average molecular weight is 414 g/mol. The standard InChI is InChI=1S/C22H27N2O4P/c1-11-15-9-24-5-4-12-14-7-19(26-2)20(29)8-17(14)23-21(12)18(24)6-13(15)16(10-28-11)22(25)27-3/h7-8,10-11,13,15,18,23H,4-6,9,29H2,1-3H3. The van der Waals surface area contributed by atoms with Crippen LogP contribution in [0.4, 0.5) is 0 Å². The molecule has 154 valence electrons. The molecule has 0 saturated carbocycles. The van der Waals surface area contributed by atoms with E-state index in [2.05, 4.69) is 38.2 Å². The van der Waals surface area contributed by atoms with E-state index in [0.29, 0.717) is 11.5 Å². The summed E-state index contributed by atoms with van der Waals surface area (Å²) in [6.45, 7) is 4.05. The van der Waals surface area contributed by atoms with E-state index in [1.54, 1.807) is 13.4 Å². The molecule has 0 aliphatic carbocycles. The van der Waals surface area contributed by atoms with E-state index in [0.717, 1.165) is 42.5 Å². The Balaban J connectivity index is 1.56. The van der Waals surface area contributed by atoms with Crippen LogP contribution in [0.15, 0.2) is 24.0 Å². The van der Waals surface area contributed by atoms with E-state index in [4.69, 9.17) is 14.2 Å². The van der Waals surface area contributed by atoms with E-state index < -0.39 is 0 Å². The van der Waals surface area contributed by atoms with Crippen LogP contribution in [0.3, 0.4) is 0 Å². The molecule has 2 aromatic rings. The Hall–Kier alpha value is -2.04. The number of esters is 1. The summed E-state index contributed by atoms with van der Waals surface area (Å²) in [4.78, 5) is 18.6. The molecule has 1 aromatic carbocycles. The number of piperidine rings is 1. The molecule has 3 aliphatic heterocycles. The van der Waals surface area contributed by atoms with Crippen LogP contribution < -0.4 is 10.0 Å². The van der Waals surface area contributed by atoms with Gasteiger partial charge in [-0.2, -0.15) is 0 Å². The molecule has 1 aromatic heterocycles. The van der Waals surface area contributed by atoms with Crippen molar-refractivity contribution in [2.24, 2.45) is 11.8 Å². The maximum absolute atomic E-state index is 12.4. The fourth-order valence-corrected chi connectivity index (χ4v) is 5.83. The van der Waals surface area contributed by atoms with Gasteiger partial charge in [-0.3, -0.25) is 4.90 Å². The molecule has 0 bridgehead atoms. The fraction of sp³-hybridized carbons (Fsp3) is 0.500. The molecule has 29 heavy (non-hydrogen) atoms. The Morgan fingerprint density at radius 3 is 2.93 bits per heavy atom. The Morgan fingerprint density at radius 2 is 2.17 bits per heavy atom. The maximum atomic E-state index is 12.4. The van der Waals surface area contributed by atoms with Crippen LogP contribution in [0.5, 0.6) is 5.75 Å². The highest BCUT2D eigenvalue weighted by atomic mass is 31.0. The Bertz CT molecular complexity index is 1010. The predicted octanol–water partition coefficient (Wildman–Crippen LogP) is 2.69. The van der Waals surface area contributed by atoms with Gasteiger partial charge in [-0.25, -0.2) is 4.79 Å². The van der Waals surface area contributed by atoms with Crippen molar-refractivity contribution in [3.8, 4) is 5.75 Å². The second-order valence-corrected chi connectivity index (χ2v) is 8.95. The number of ether oxygens (including phenoxy) is 3. The van der Waals surface area contributed by atoms with Gasteiger partial charge in [-0.05, 0) is 37.5 Å². The van der Waals surface area contributed by atoms with Gasteiger partial charge in [0.1, 0.15) is 5.75 Å². The number of H-pyrrole nitrogens is 1. The third-order valence-corrected chi connectivity index (χ3v) is 7.44. The average Bonchev–Trinajstić information content (AvgIpc) is 3.09. The van der Waals surface area contributed by atoms with E-state index in [9.17, 15) is 4.79 Å². The van der Waals surface area contributed by atoms with Crippen molar-refractivity contribution in [3.63, 3.8) is 0 Å². The molecular formula is C22H27N2O4P. The van der Waals surface area contributed by atoms with Gasteiger partial charge in [0.05, 0.1) is 38.2 Å². The van der Waals surface area contributed by atoms with Gasteiger partial charge in [0.25, 0.3) is 0 Å². The Kier molecular flexibility index (Phi) is 4.60. The van der Waals surface area contributed by atoms with Crippen LogP contribution >= 0.6 is 9.24 Å². The van der Waals surface area contributed by atoms with Crippen LogP contribution in [0.25, 0.3) is 10.9 Å². The number of nitrogens with zero attached hydrogens (tertiary/aromatic N) is 1. The molecule has 0 radical (unpaired) electrons. The highest BCUT2D eigenvalue weighted by Crippen LogP contribution is 2.47. The molecule has 6 nitrogen and oxygen atoms in total. The van der Waals surface area contributed by atoms with Crippen molar-refractivity contribution in [2.75, 3.05) is 27.3 Å². The minimum absolute atomic E-state index is 0.0994. The SMILES string of the molecule is COC(=O)C1=COC(C)C2CN3CCc4c([nH]c5cc(P)c(OC)cc45)C3CC12. The summed E-state index contributed by atoms with van der Waals surface area (Å²) in [5, 5.41) is 2.29. The number of fused-ring (bicyclic) bond motifs is 6. The number of carbonyl (C=O) groups excluding carboxylic acids is 1. The number of hydrogen-bond donors (Lipinski definition) is 1. The Morgan fingerprint density at radius 1 is 1.34 bits per heavy atom. The van der Waals surface area contributed by atoms with Crippen LogP contribution in [-0.4, -0.2) is 49.3 Å². The summed E-state index contributed by atoms with van der Waals surface area (Å²) < 4.78 is 16.4. The first-order valence-corrected chi connectivity index (χ1v) is 10.7. The van der Waals surface area contributed by atoms with Crippen LogP contribution in [0.2, 0.25) is 0 Å². The lowest BCUT2D eigenvalue weighted by atomic mass is 9.72. The monoisotopic (exact) mass is 414 g/mol. The first-order valence-electron chi connectivity index (χ1n) is 10.2. The van der Waals surface area contributed by atoms with Crippen LogP contribution in [0, 0.1) is 11.8 Å². The van der Waals surface area contributed by atoms with Gasteiger partial charge in [-0.15, -0.1) is 9.24 Å². The highest BCUT2D eigenvalue weighted by molar-refractivity contribution is 7.27. The first-order chi connectivity index (χ1) is 14.0.